The summed E-state index contributed by atoms with van der Waals surface area (Å²) in [4.78, 5) is 21.8. The Kier molecular flexibility index (Phi) is 7.12. The van der Waals surface area contributed by atoms with Crippen LogP contribution in [0.15, 0.2) is 22.7 Å². The van der Waals surface area contributed by atoms with E-state index in [0.29, 0.717) is 16.6 Å². The van der Waals surface area contributed by atoms with E-state index in [9.17, 15) is 14.9 Å². The zero-order valence-corrected chi connectivity index (χ0v) is 13.6. The van der Waals surface area contributed by atoms with Crippen LogP contribution in [-0.4, -0.2) is 22.9 Å². The van der Waals surface area contributed by atoms with Crippen molar-refractivity contribution >= 4 is 39.9 Å². The van der Waals surface area contributed by atoms with Gasteiger partial charge in [0.15, 0.2) is 0 Å². The first-order valence-corrected chi connectivity index (χ1v) is 6.47. The van der Waals surface area contributed by atoms with Crippen LogP contribution in [0.25, 0.3) is 0 Å². The van der Waals surface area contributed by atoms with Crippen LogP contribution in [-0.2, 0) is 11.2 Å². The number of nitro groups is 1. The van der Waals surface area contributed by atoms with Gasteiger partial charge in [0.05, 0.1) is 11.3 Å². The molecular formula is C12H17BrClN3O3. The van der Waals surface area contributed by atoms with E-state index < -0.39 is 10.5 Å². The number of hydrogen-bond donors (Lipinski definition) is 2. The Labute approximate surface area is 131 Å². The highest BCUT2D eigenvalue weighted by atomic mass is 79.9. The molecule has 0 atom stereocenters. The largest absolute Gasteiger partial charge is 0.354 e. The molecule has 0 aromatic heterocycles. The molecule has 0 aliphatic rings. The Balaban J connectivity index is 0.00000361. The van der Waals surface area contributed by atoms with Gasteiger partial charge in [-0.3, -0.25) is 14.9 Å². The van der Waals surface area contributed by atoms with Gasteiger partial charge in [0.2, 0.25) is 5.91 Å². The van der Waals surface area contributed by atoms with Crippen molar-refractivity contribution < 1.29 is 9.72 Å². The Morgan fingerprint density at radius 2 is 2.10 bits per heavy atom. The second-order valence-corrected chi connectivity index (χ2v) is 5.83. The molecular weight excluding hydrogens is 350 g/mol. The van der Waals surface area contributed by atoms with Gasteiger partial charge in [0.1, 0.15) is 0 Å². The summed E-state index contributed by atoms with van der Waals surface area (Å²) >= 11 is 3.23. The Bertz CT molecular complexity index is 503. The molecule has 1 aromatic carbocycles. The quantitative estimate of drug-likeness (QED) is 0.616. The minimum absolute atomic E-state index is 0. The van der Waals surface area contributed by atoms with Gasteiger partial charge in [-0.1, -0.05) is 22.0 Å². The smallest absolute Gasteiger partial charge is 0.270 e. The predicted molar refractivity (Wildman–Crippen MR) is 83.0 cm³/mol. The lowest BCUT2D eigenvalue weighted by molar-refractivity contribution is -0.384. The summed E-state index contributed by atoms with van der Waals surface area (Å²) in [5.41, 5.74) is 5.97. The molecule has 0 radical (unpaired) electrons. The maximum absolute atomic E-state index is 11.7. The molecule has 0 spiro atoms. The number of nitro benzene ring substituents is 1. The first kappa shape index (κ1) is 18.8. The number of carbonyl (C=O) groups is 1. The molecule has 1 aromatic rings. The first-order chi connectivity index (χ1) is 8.69. The second kappa shape index (κ2) is 7.56. The van der Waals surface area contributed by atoms with E-state index in [4.69, 9.17) is 5.73 Å². The molecule has 0 bridgehead atoms. The highest BCUT2D eigenvalue weighted by Crippen LogP contribution is 2.23. The van der Waals surface area contributed by atoms with Crippen LogP contribution in [0.2, 0.25) is 0 Å². The van der Waals surface area contributed by atoms with Crippen LogP contribution in [0, 0.1) is 10.1 Å². The van der Waals surface area contributed by atoms with Crippen LogP contribution in [0.3, 0.4) is 0 Å². The highest BCUT2D eigenvalue weighted by Gasteiger charge is 2.14. The van der Waals surface area contributed by atoms with Gasteiger partial charge in [-0.2, -0.15) is 0 Å². The molecule has 112 valence electrons. The maximum Gasteiger partial charge on any atom is 0.270 e. The summed E-state index contributed by atoms with van der Waals surface area (Å²) < 4.78 is 0.545. The van der Waals surface area contributed by atoms with E-state index in [1.165, 1.54) is 12.1 Å². The van der Waals surface area contributed by atoms with Crippen molar-refractivity contribution in [2.45, 2.75) is 25.8 Å². The molecule has 0 unspecified atom stereocenters. The van der Waals surface area contributed by atoms with Crippen LogP contribution < -0.4 is 11.1 Å². The molecule has 0 aliphatic carbocycles. The molecule has 0 fully saturated rings. The van der Waals surface area contributed by atoms with Gasteiger partial charge in [-0.05, 0) is 19.4 Å². The van der Waals surface area contributed by atoms with Crippen molar-refractivity contribution in [1.29, 1.82) is 0 Å². The molecule has 1 rings (SSSR count). The van der Waals surface area contributed by atoms with E-state index in [0.717, 1.165) is 0 Å². The third kappa shape index (κ3) is 6.31. The van der Waals surface area contributed by atoms with Gasteiger partial charge < -0.3 is 11.1 Å². The fourth-order valence-electron chi connectivity index (χ4n) is 1.36. The number of nitrogens with two attached hydrogens (primary N) is 1. The molecule has 0 saturated heterocycles. The zero-order valence-electron chi connectivity index (χ0n) is 11.2. The lowest BCUT2D eigenvalue weighted by atomic mass is 10.1. The van der Waals surface area contributed by atoms with E-state index in [2.05, 4.69) is 21.2 Å². The lowest BCUT2D eigenvalue weighted by Crippen LogP contribution is -2.45. The van der Waals surface area contributed by atoms with E-state index >= 15 is 0 Å². The van der Waals surface area contributed by atoms with Crippen molar-refractivity contribution in [3.63, 3.8) is 0 Å². The van der Waals surface area contributed by atoms with Crippen LogP contribution >= 0.6 is 28.3 Å². The number of hydrogen-bond acceptors (Lipinski definition) is 4. The highest BCUT2D eigenvalue weighted by molar-refractivity contribution is 9.10. The first-order valence-electron chi connectivity index (χ1n) is 5.67. The van der Waals surface area contributed by atoms with Crippen LogP contribution in [0.5, 0.6) is 0 Å². The van der Waals surface area contributed by atoms with E-state index in [1.54, 1.807) is 6.07 Å². The van der Waals surface area contributed by atoms with Gasteiger partial charge in [-0.15, -0.1) is 12.4 Å². The number of non-ortho nitro benzene ring substituents is 1. The number of nitrogens with zero attached hydrogens (tertiary/aromatic N) is 1. The third-order valence-corrected chi connectivity index (χ3v) is 3.08. The number of nitrogens with one attached hydrogen (secondary N) is 1. The number of rotatable bonds is 5. The molecule has 3 N–H and O–H groups in total. The van der Waals surface area contributed by atoms with Crippen molar-refractivity contribution in [3.8, 4) is 0 Å². The normalized spacial score (nSPS) is 10.6. The summed E-state index contributed by atoms with van der Waals surface area (Å²) in [5, 5.41) is 13.3. The van der Waals surface area contributed by atoms with E-state index in [-0.39, 0.29) is 30.4 Å². The van der Waals surface area contributed by atoms with Gasteiger partial charge in [0.25, 0.3) is 5.69 Å². The predicted octanol–water partition coefficient (Wildman–Crippen LogP) is 2.18. The Morgan fingerprint density at radius 3 is 2.55 bits per heavy atom. The SMILES string of the molecule is CC(C)(N)CNC(=O)Cc1ccc([N+](=O)[O-])cc1Br.Cl. The fourth-order valence-corrected chi connectivity index (χ4v) is 1.86. The summed E-state index contributed by atoms with van der Waals surface area (Å²) in [6.07, 6.45) is 0.147. The molecule has 8 heteroatoms. The Morgan fingerprint density at radius 1 is 1.50 bits per heavy atom. The van der Waals surface area contributed by atoms with Crippen LogP contribution in [0.1, 0.15) is 19.4 Å². The van der Waals surface area contributed by atoms with Crippen molar-refractivity contribution in [2.24, 2.45) is 5.73 Å². The third-order valence-electron chi connectivity index (χ3n) is 2.34. The Hall–Kier alpha value is -1.18. The summed E-state index contributed by atoms with van der Waals surface area (Å²) in [7, 11) is 0. The topological polar surface area (TPSA) is 98.3 Å². The lowest BCUT2D eigenvalue weighted by Gasteiger charge is -2.18. The summed E-state index contributed by atoms with van der Waals surface area (Å²) in [6, 6.07) is 4.32. The van der Waals surface area contributed by atoms with Crippen molar-refractivity contribution in [2.75, 3.05) is 6.54 Å². The number of amides is 1. The van der Waals surface area contributed by atoms with Gasteiger partial charge >= 0.3 is 0 Å². The number of halogens is 2. The summed E-state index contributed by atoms with van der Waals surface area (Å²) in [5.74, 6) is -0.173. The second-order valence-electron chi connectivity index (χ2n) is 4.97. The molecule has 0 aliphatic heterocycles. The average Bonchev–Trinajstić information content (AvgIpc) is 2.28. The number of carbonyl (C=O) groups excluding carboxylic acids is 1. The molecule has 0 heterocycles. The molecule has 0 saturated carbocycles. The standard InChI is InChI=1S/C12H16BrN3O3.ClH/c1-12(2,14)7-15-11(17)5-8-3-4-9(16(18)19)6-10(8)13;/h3-4,6H,5,7,14H2,1-2H3,(H,15,17);1H. The van der Waals surface area contributed by atoms with Gasteiger partial charge in [-0.25, -0.2) is 0 Å². The van der Waals surface area contributed by atoms with Crippen molar-refractivity contribution in [3.05, 3.63) is 38.3 Å². The van der Waals surface area contributed by atoms with Gasteiger partial charge in [0, 0.05) is 28.7 Å². The molecule has 20 heavy (non-hydrogen) atoms. The minimum Gasteiger partial charge on any atom is -0.354 e. The minimum atomic E-state index is -0.481. The monoisotopic (exact) mass is 365 g/mol. The van der Waals surface area contributed by atoms with Crippen LogP contribution in [0.4, 0.5) is 5.69 Å². The molecule has 1 amide bonds. The van der Waals surface area contributed by atoms with Crippen molar-refractivity contribution in [1.82, 2.24) is 5.32 Å². The zero-order chi connectivity index (χ0) is 14.6. The number of benzene rings is 1. The summed E-state index contributed by atoms with van der Waals surface area (Å²) in [6.45, 7) is 4.00. The molecule has 6 nitrogen and oxygen atoms in total. The maximum atomic E-state index is 11.7. The van der Waals surface area contributed by atoms with E-state index in [1.807, 2.05) is 13.8 Å². The fraction of sp³-hybridized carbons (Fsp3) is 0.417. The average molecular weight is 367 g/mol.